The van der Waals surface area contributed by atoms with Crippen LogP contribution in [0.1, 0.15) is 40.0 Å². The Kier molecular flexibility index (Phi) is 4.30. The van der Waals surface area contributed by atoms with Crippen LogP contribution in [0.4, 0.5) is 0 Å². The smallest absolute Gasteiger partial charge is 0.219 e. The van der Waals surface area contributed by atoms with Gasteiger partial charge < -0.3 is 4.90 Å². The number of hydrogen-bond donors (Lipinski definition) is 0. The molecular weight excluding hydrogens is 190 g/mol. The van der Waals surface area contributed by atoms with Gasteiger partial charge in [-0.25, -0.2) is 0 Å². The lowest BCUT2D eigenvalue weighted by Gasteiger charge is -2.30. The van der Waals surface area contributed by atoms with E-state index < -0.39 is 0 Å². The average Bonchev–Trinajstić information content (AvgIpc) is 2.17. The highest BCUT2D eigenvalue weighted by Crippen LogP contribution is 2.21. The van der Waals surface area contributed by atoms with Gasteiger partial charge in [0.25, 0.3) is 0 Å². The molecule has 15 heavy (non-hydrogen) atoms. The second kappa shape index (κ2) is 5.29. The molecule has 1 heterocycles. The molecule has 1 aliphatic heterocycles. The van der Waals surface area contributed by atoms with Crippen molar-refractivity contribution in [2.24, 2.45) is 11.8 Å². The highest BCUT2D eigenvalue weighted by Gasteiger charge is 2.25. The first-order chi connectivity index (χ1) is 7.00. The van der Waals surface area contributed by atoms with Crippen molar-refractivity contribution in [3.63, 3.8) is 0 Å². The Bertz CT molecular complexity index is 240. The Morgan fingerprint density at radius 2 is 1.80 bits per heavy atom. The normalized spacial score (nSPS) is 18.3. The lowest BCUT2D eigenvalue weighted by Crippen LogP contribution is -2.39. The van der Waals surface area contributed by atoms with Gasteiger partial charge in [-0.2, -0.15) is 0 Å². The van der Waals surface area contributed by atoms with Crippen LogP contribution in [0.15, 0.2) is 0 Å². The average molecular weight is 211 g/mol. The fourth-order valence-corrected chi connectivity index (χ4v) is 2.09. The van der Waals surface area contributed by atoms with Crippen LogP contribution in [0.5, 0.6) is 0 Å². The van der Waals surface area contributed by atoms with Crippen molar-refractivity contribution in [2.75, 3.05) is 13.1 Å². The molecule has 0 aromatic carbocycles. The van der Waals surface area contributed by atoms with Gasteiger partial charge in [-0.1, -0.05) is 13.8 Å². The number of rotatable bonds is 3. The van der Waals surface area contributed by atoms with E-state index in [2.05, 4.69) is 13.8 Å². The number of hydrogen-bond acceptors (Lipinski definition) is 2. The maximum Gasteiger partial charge on any atom is 0.219 e. The molecule has 3 nitrogen and oxygen atoms in total. The first kappa shape index (κ1) is 12.2. The Labute approximate surface area is 91.8 Å². The summed E-state index contributed by atoms with van der Waals surface area (Å²) in [5.41, 5.74) is 0. The highest BCUT2D eigenvalue weighted by atomic mass is 16.2. The molecule has 1 rings (SSSR count). The van der Waals surface area contributed by atoms with Gasteiger partial charge in [0.15, 0.2) is 0 Å². The molecule has 0 N–H and O–H groups in total. The zero-order valence-corrected chi connectivity index (χ0v) is 9.95. The van der Waals surface area contributed by atoms with E-state index >= 15 is 0 Å². The van der Waals surface area contributed by atoms with Crippen molar-refractivity contribution in [1.29, 1.82) is 0 Å². The molecule has 0 unspecified atom stereocenters. The van der Waals surface area contributed by atoms with Gasteiger partial charge in [0.05, 0.1) is 0 Å². The van der Waals surface area contributed by atoms with Crippen LogP contribution in [0.25, 0.3) is 0 Å². The summed E-state index contributed by atoms with van der Waals surface area (Å²) in [5.74, 6) is 1.16. The molecule has 1 aliphatic rings. The van der Waals surface area contributed by atoms with Crippen LogP contribution in [0, 0.1) is 11.8 Å². The van der Waals surface area contributed by atoms with Gasteiger partial charge in [0.2, 0.25) is 5.91 Å². The molecular formula is C12H21NO2. The van der Waals surface area contributed by atoms with Gasteiger partial charge in [-0.05, 0) is 18.8 Å². The Balaban J connectivity index is 2.37. The fourth-order valence-electron chi connectivity index (χ4n) is 2.09. The van der Waals surface area contributed by atoms with Crippen LogP contribution in [-0.2, 0) is 9.59 Å². The van der Waals surface area contributed by atoms with E-state index in [-0.39, 0.29) is 11.8 Å². The molecule has 86 valence electrons. The number of amides is 1. The number of carbonyl (C=O) groups is 2. The molecule has 0 saturated carbocycles. The predicted octanol–water partition coefficient (Wildman–Crippen LogP) is 1.86. The maximum absolute atomic E-state index is 11.8. The summed E-state index contributed by atoms with van der Waals surface area (Å²) in [7, 11) is 0. The summed E-state index contributed by atoms with van der Waals surface area (Å²) in [4.78, 5) is 24.7. The third-order valence-electron chi connectivity index (χ3n) is 3.01. The van der Waals surface area contributed by atoms with Gasteiger partial charge in [0.1, 0.15) is 5.78 Å². The minimum absolute atomic E-state index is 0.129. The highest BCUT2D eigenvalue weighted by molar-refractivity contribution is 5.81. The van der Waals surface area contributed by atoms with Crippen molar-refractivity contribution >= 4 is 11.7 Å². The van der Waals surface area contributed by atoms with Crippen LogP contribution in [0.2, 0.25) is 0 Å². The third kappa shape index (κ3) is 3.65. The summed E-state index contributed by atoms with van der Waals surface area (Å²) in [6.07, 6.45) is 2.39. The summed E-state index contributed by atoms with van der Waals surface area (Å²) < 4.78 is 0. The Morgan fingerprint density at radius 1 is 1.27 bits per heavy atom. The number of Topliss-reactive ketones (excluding diaryl/α,β-unsaturated/α-hetero) is 1. The van der Waals surface area contributed by atoms with E-state index in [4.69, 9.17) is 0 Å². The zero-order valence-electron chi connectivity index (χ0n) is 9.95. The first-order valence-electron chi connectivity index (χ1n) is 5.79. The standard InChI is InChI=1S/C12H21NO2/c1-9(2)8-12(15)11-4-6-13(7-5-11)10(3)14/h9,11H,4-8H2,1-3H3. The summed E-state index contributed by atoms with van der Waals surface area (Å²) in [6, 6.07) is 0. The van der Waals surface area contributed by atoms with E-state index in [1.807, 2.05) is 4.90 Å². The molecule has 0 aromatic rings. The SMILES string of the molecule is CC(=O)N1CCC(C(=O)CC(C)C)CC1. The number of likely N-dealkylation sites (tertiary alicyclic amines) is 1. The summed E-state index contributed by atoms with van der Waals surface area (Å²) in [6.45, 7) is 7.25. The fraction of sp³-hybridized carbons (Fsp3) is 0.833. The van der Waals surface area contributed by atoms with E-state index in [1.165, 1.54) is 0 Å². The molecule has 1 fully saturated rings. The van der Waals surface area contributed by atoms with Gasteiger partial charge in [0, 0.05) is 32.4 Å². The van der Waals surface area contributed by atoms with E-state index in [0.29, 0.717) is 18.1 Å². The molecule has 3 heteroatoms. The lowest BCUT2D eigenvalue weighted by molar-refractivity contribution is -0.133. The number of carbonyl (C=O) groups excluding carboxylic acids is 2. The van der Waals surface area contributed by atoms with Gasteiger partial charge >= 0.3 is 0 Å². The van der Waals surface area contributed by atoms with Crippen LogP contribution in [-0.4, -0.2) is 29.7 Å². The van der Waals surface area contributed by atoms with Gasteiger partial charge in [-0.15, -0.1) is 0 Å². The van der Waals surface area contributed by atoms with E-state index in [1.54, 1.807) is 6.92 Å². The second-order valence-corrected chi connectivity index (χ2v) is 4.84. The molecule has 0 spiro atoms. The third-order valence-corrected chi connectivity index (χ3v) is 3.01. The number of piperidine rings is 1. The Morgan fingerprint density at radius 3 is 2.20 bits per heavy atom. The Hall–Kier alpha value is -0.860. The predicted molar refractivity (Wildman–Crippen MR) is 59.4 cm³/mol. The number of ketones is 1. The van der Waals surface area contributed by atoms with Crippen molar-refractivity contribution in [2.45, 2.75) is 40.0 Å². The van der Waals surface area contributed by atoms with Crippen LogP contribution < -0.4 is 0 Å². The van der Waals surface area contributed by atoms with Crippen molar-refractivity contribution in [3.8, 4) is 0 Å². The van der Waals surface area contributed by atoms with Crippen molar-refractivity contribution in [1.82, 2.24) is 4.90 Å². The van der Waals surface area contributed by atoms with Gasteiger partial charge in [-0.3, -0.25) is 9.59 Å². The van der Waals surface area contributed by atoms with Crippen molar-refractivity contribution < 1.29 is 9.59 Å². The monoisotopic (exact) mass is 211 g/mol. The first-order valence-corrected chi connectivity index (χ1v) is 5.79. The molecule has 0 atom stereocenters. The molecule has 1 amide bonds. The van der Waals surface area contributed by atoms with E-state index in [9.17, 15) is 9.59 Å². The molecule has 0 aliphatic carbocycles. The molecule has 0 radical (unpaired) electrons. The van der Waals surface area contributed by atoms with Crippen LogP contribution in [0.3, 0.4) is 0 Å². The zero-order chi connectivity index (χ0) is 11.4. The quantitative estimate of drug-likeness (QED) is 0.714. The number of nitrogens with zero attached hydrogens (tertiary/aromatic N) is 1. The lowest BCUT2D eigenvalue weighted by atomic mass is 9.88. The largest absolute Gasteiger partial charge is 0.343 e. The second-order valence-electron chi connectivity index (χ2n) is 4.84. The maximum atomic E-state index is 11.8. The molecule has 0 aromatic heterocycles. The van der Waals surface area contributed by atoms with Crippen LogP contribution >= 0.6 is 0 Å². The molecule has 1 saturated heterocycles. The minimum atomic E-state index is 0.129. The topological polar surface area (TPSA) is 37.4 Å². The molecule has 0 bridgehead atoms. The van der Waals surface area contributed by atoms with Crippen molar-refractivity contribution in [3.05, 3.63) is 0 Å². The summed E-state index contributed by atoms with van der Waals surface area (Å²) >= 11 is 0. The summed E-state index contributed by atoms with van der Waals surface area (Å²) in [5, 5.41) is 0. The minimum Gasteiger partial charge on any atom is -0.343 e. The van der Waals surface area contributed by atoms with E-state index in [0.717, 1.165) is 25.9 Å².